The molecule has 4 heteroatoms. The molecule has 0 aliphatic carbocycles. The fourth-order valence-corrected chi connectivity index (χ4v) is 1.50. The Kier molecular flexibility index (Phi) is 7.35. The summed E-state index contributed by atoms with van der Waals surface area (Å²) in [5.74, 6) is 0. The quantitative estimate of drug-likeness (QED) is 0.734. The molecule has 19 heavy (non-hydrogen) atoms. The van der Waals surface area contributed by atoms with Gasteiger partial charge in [-0.1, -0.05) is 49.9 Å². The maximum absolute atomic E-state index is 11.4. The van der Waals surface area contributed by atoms with Crippen LogP contribution < -0.4 is 5.32 Å². The van der Waals surface area contributed by atoms with Gasteiger partial charge in [-0.15, -0.1) is 0 Å². The monoisotopic (exact) mass is 263 g/mol. The molecule has 0 heterocycles. The fourth-order valence-electron chi connectivity index (χ4n) is 1.50. The predicted octanol–water partition coefficient (Wildman–Crippen LogP) is 2.89. The van der Waals surface area contributed by atoms with E-state index in [0.717, 1.165) is 12.0 Å². The summed E-state index contributed by atoms with van der Waals surface area (Å²) < 4.78 is 10.5. The minimum Gasteiger partial charge on any atom is -0.445 e. The van der Waals surface area contributed by atoms with Gasteiger partial charge >= 0.3 is 6.09 Å². The Labute approximate surface area is 114 Å². The van der Waals surface area contributed by atoms with Crippen LogP contribution in [0.5, 0.6) is 0 Å². The van der Waals surface area contributed by atoms with Crippen LogP contribution in [-0.2, 0) is 16.1 Å². The predicted molar refractivity (Wildman–Crippen MR) is 74.9 cm³/mol. The van der Waals surface area contributed by atoms with E-state index in [-0.39, 0.29) is 12.6 Å². The highest BCUT2D eigenvalue weighted by molar-refractivity contribution is 5.67. The number of hydrogen-bond acceptors (Lipinski definition) is 3. The van der Waals surface area contributed by atoms with Crippen molar-refractivity contribution in [2.24, 2.45) is 0 Å². The van der Waals surface area contributed by atoms with Crippen molar-refractivity contribution in [3.8, 4) is 0 Å². The van der Waals surface area contributed by atoms with E-state index >= 15 is 0 Å². The molecule has 104 valence electrons. The highest BCUT2D eigenvalue weighted by Gasteiger charge is 2.10. The highest BCUT2D eigenvalue weighted by atomic mass is 16.5. The van der Waals surface area contributed by atoms with Crippen molar-refractivity contribution < 1.29 is 14.3 Å². The topological polar surface area (TPSA) is 47.6 Å². The highest BCUT2D eigenvalue weighted by Crippen LogP contribution is 2.02. The third-order valence-electron chi connectivity index (χ3n) is 2.58. The third kappa shape index (κ3) is 6.62. The average molecular weight is 263 g/mol. The van der Waals surface area contributed by atoms with Crippen LogP contribution in [0.3, 0.4) is 0 Å². The summed E-state index contributed by atoms with van der Waals surface area (Å²) in [7, 11) is 0. The van der Waals surface area contributed by atoms with Crippen LogP contribution in [0.4, 0.5) is 4.79 Å². The molecule has 4 nitrogen and oxygen atoms in total. The van der Waals surface area contributed by atoms with Crippen molar-refractivity contribution >= 4 is 6.09 Å². The second-order valence-electron chi connectivity index (χ2n) is 4.14. The normalized spacial score (nSPS) is 11.6. The lowest BCUT2D eigenvalue weighted by atomic mass is 10.2. The van der Waals surface area contributed by atoms with Gasteiger partial charge in [0.15, 0.2) is 0 Å². The first kappa shape index (κ1) is 15.2. The number of carbonyl (C=O) groups excluding carboxylic acids is 1. The van der Waals surface area contributed by atoms with Gasteiger partial charge in [-0.2, -0.15) is 0 Å². The molecule has 0 aromatic heterocycles. The van der Waals surface area contributed by atoms with Gasteiger partial charge in [0.05, 0.1) is 19.3 Å². The molecule has 0 aliphatic heterocycles. The first-order valence-corrected chi connectivity index (χ1v) is 6.42. The fraction of sp³-hybridized carbons (Fsp3) is 0.400. The van der Waals surface area contributed by atoms with E-state index in [1.807, 2.05) is 37.3 Å². The third-order valence-corrected chi connectivity index (χ3v) is 2.58. The lowest BCUT2D eigenvalue weighted by Gasteiger charge is -2.16. The summed E-state index contributed by atoms with van der Waals surface area (Å²) in [4.78, 5) is 11.4. The van der Waals surface area contributed by atoms with Crippen LogP contribution in [-0.4, -0.2) is 25.3 Å². The lowest BCUT2D eigenvalue weighted by Crippen LogP contribution is -2.38. The van der Waals surface area contributed by atoms with E-state index in [2.05, 4.69) is 11.9 Å². The molecule has 1 rings (SSSR count). The summed E-state index contributed by atoms with van der Waals surface area (Å²) in [5.41, 5.74) is 1.12. The molecular formula is C15H21NO3. The number of carbonyl (C=O) groups is 1. The van der Waals surface area contributed by atoms with Crippen molar-refractivity contribution in [2.75, 3.05) is 13.2 Å². The van der Waals surface area contributed by atoms with Crippen LogP contribution >= 0.6 is 0 Å². The zero-order valence-electron chi connectivity index (χ0n) is 11.3. The van der Waals surface area contributed by atoms with E-state index in [9.17, 15) is 4.79 Å². The number of rotatable bonds is 8. The molecule has 0 unspecified atom stereocenters. The first-order valence-electron chi connectivity index (χ1n) is 6.42. The summed E-state index contributed by atoms with van der Waals surface area (Å²) in [6, 6.07) is 9.89. The zero-order valence-corrected chi connectivity index (χ0v) is 11.3. The van der Waals surface area contributed by atoms with Gasteiger partial charge in [0.2, 0.25) is 0 Å². The second kappa shape index (κ2) is 9.16. The minimum absolute atomic E-state index is 0.0407. The Bertz CT molecular complexity index is 378. The number of benzene rings is 1. The van der Waals surface area contributed by atoms with Crippen molar-refractivity contribution in [1.29, 1.82) is 0 Å². The Balaban J connectivity index is 2.24. The second-order valence-corrected chi connectivity index (χ2v) is 4.14. The molecule has 0 spiro atoms. The van der Waals surface area contributed by atoms with Gasteiger partial charge in [0.25, 0.3) is 0 Å². The number of ether oxygens (including phenoxy) is 2. The van der Waals surface area contributed by atoms with E-state index < -0.39 is 6.09 Å². The number of alkyl carbamates (subject to hydrolysis) is 1. The molecule has 0 bridgehead atoms. The van der Waals surface area contributed by atoms with E-state index in [1.165, 1.54) is 6.08 Å². The Morgan fingerprint density at radius 2 is 2.16 bits per heavy atom. The van der Waals surface area contributed by atoms with Crippen molar-refractivity contribution in [1.82, 2.24) is 5.32 Å². The molecule has 1 atom stereocenters. The van der Waals surface area contributed by atoms with E-state index in [4.69, 9.17) is 9.47 Å². The summed E-state index contributed by atoms with van der Waals surface area (Å²) in [6.45, 7) is 6.70. The zero-order chi connectivity index (χ0) is 13.9. The average Bonchev–Trinajstić information content (AvgIpc) is 2.45. The summed E-state index contributed by atoms with van der Waals surface area (Å²) >= 11 is 0. The molecule has 1 amide bonds. The minimum atomic E-state index is -0.435. The van der Waals surface area contributed by atoms with Crippen LogP contribution in [0.2, 0.25) is 0 Å². The van der Waals surface area contributed by atoms with E-state index in [0.29, 0.717) is 13.2 Å². The summed E-state index contributed by atoms with van der Waals surface area (Å²) in [5, 5.41) is 2.75. The number of hydrogen-bond donors (Lipinski definition) is 1. The molecule has 1 aromatic carbocycles. The SMILES string of the molecule is C=CCOC(=O)N[C@@H](CC)COCc1ccccc1. The van der Waals surface area contributed by atoms with Crippen LogP contribution in [0.15, 0.2) is 43.0 Å². The molecule has 0 saturated carbocycles. The van der Waals surface area contributed by atoms with Crippen molar-refractivity contribution in [3.05, 3.63) is 48.6 Å². The smallest absolute Gasteiger partial charge is 0.407 e. The van der Waals surface area contributed by atoms with Gasteiger partial charge < -0.3 is 14.8 Å². The lowest BCUT2D eigenvalue weighted by molar-refractivity contribution is 0.0913. The Morgan fingerprint density at radius 1 is 1.42 bits per heavy atom. The largest absolute Gasteiger partial charge is 0.445 e. The van der Waals surface area contributed by atoms with Crippen molar-refractivity contribution in [3.63, 3.8) is 0 Å². The Morgan fingerprint density at radius 3 is 2.79 bits per heavy atom. The number of nitrogens with one attached hydrogen (secondary N) is 1. The van der Waals surface area contributed by atoms with Gasteiger partial charge in [-0.25, -0.2) is 4.79 Å². The molecule has 1 aromatic rings. The first-order chi connectivity index (χ1) is 9.26. The molecule has 0 fully saturated rings. The van der Waals surface area contributed by atoms with Gasteiger partial charge in [-0.05, 0) is 12.0 Å². The molecular weight excluding hydrogens is 242 g/mol. The van der Waals surface area contributed by atoms with Crippen molar-refractivity contribution in [2.45, 2.75) is 26.0 Å². The molecule has 0 saturated heterocycles. The van der Waals surface area contributed by atoms with Gasteiger partial charge in [-0.3, -0.25) is 0 Å². The van der Waals surface area contributed by atoms with Gasteiger partial charge in [0, 0.05) is 0 Å². The molecule has 0 radical (unpaired) electrons. The van der Waals surface area contributed by atoms with E-state index in [1.54, 1.807) is 0 Å². The standard InChI is InChI=1S/C15H21NO3/c1-3-10-19-15(17)16-14(4-2)12-18-11-13-8-6-5-7-9-13/h3,5-9,14H,1,4,10-12H2,2H3,(H,16,17)/t14-/m0/s1. The van der Waals surface area contributed by atoms with Crippen LogP contribution in [0.25, 0.3) is 0 Å². The van der Waals surface area contributed by atoms with Gasteiger partial charge in [0.1, 0.15) is 6.61 Å². The molecule has 1 N–H and O–H groups in total. The van der Waals surface area contributed by atoms with Crippen LogP contribution in [0, 0.1) is 0 Å². The Hall–Kier alpha value is -1.81. The summed E-state index contributed by atoms with van der Waals surface area (Å²) in [6.07, 6.45) is 1.89. The number of amides is 1. The maximum Gasteiger partial charge on any atom is 0.407 e. The molecule has 0 aliphatic rings. The maximum atomic E-state index is 11.4. The van der Waals surface area contributed by atoms with Crippen LogP contribution in [0.1, 0.15) is 18.9 Å².